The van der Waals surface area contributed by atoms with Crippen molar-refractivity contribution in [3.63, 3.8) is 0 Å². The van der Waals surface area contributed by atoms with E-state index in [9.17, 15) is 0 Å². The number of hydrogen-bond acceptors (Lipinski definition) is 5. The molecule has 2 N–H and O–H groups in total. The largest absolute Gasteiger partial charge is 0.366 e. The maximum atomic E-state index is 4.50. The molecule has 1 fully saturated rings. The minimum atomic E-state index is 0.516. The lowest BCUT2D eigenvalue weighted by atomic mass is 9.96. The van der Waals surface area contributed by atoms with E-state index in [0.29, 0.717) is 12.0 Å². The average Bonchev–Trinajstić information content (AvgIpc) is 2.49. The van der Waals surface area contributed by atoms with Gasteiger partial charge in [-0.15, -0.1) is 5.10 Å². The number of nitrogens with zero attached hydrogens (tertiary/aromatic N) is 3. The second-order valence-electron chi connectivity index (χ2n) is 5.64. The first-order valence-corrected chi connectivity index (χ1v) is 7.59. The molecule has 0 aliphatic heterocycles. The molecule has 0 atom stereocenters. The van der Waals surface area contributed by atoms with Crippen LogP contribution in [0.3, 0.4) is 0 Å². The number of aromatic nitrogens is 3. The van der Waals surface area contributed by atoms with Crippen LogP contribution in [0.2, 0.25) is 0 Å². The highest BCUT2D eigenvalue weighted by Crippen LogP contribution is 2.21. The lowest BCUT2D eigenvalue weighted by Crippen LogP contribution is -2.23. The van der Waals surface area contributed by atoms with Gasteiger partial charge in [0, 0.05) is 11.7 Å². The first-order valence-electron chi connectivity index (χ1n) is 7.59. The first-order chi connectivity index (χ1) is 10.3. The molecule has 1 aliphatic rings. The van der Waals surface area contributed by atoms with Gasteiger partial charge < -0.3 is 10.6 Å². The molecular formula is C16H21N5. The van der Waals surface area contributed by atoms with Gasteiger partial charge in [0.1, 0.15) is 0 Å². The molecule has 1 saturated carbocycles. The van der Waals surface area contributed by atoms with Gasteiger partial charge in [-0.05, 0) is 37.5 Å². The average molecular weight is 283 g/mol. The molecule has 0 spiro atoms. The SMILES string of the molecule is Cc1cccc(Nc2nncc(NC3CCCCC3)n2)c1. The normalized spacial score (nSPS) is 15.7. The van der Waals surface area contributed by atoms with E-state index in [-0.39, 0.29) is 0 Å². The van der Waals surface area contributed by atoms with Crippen LogP contribution in [0, 0.1) is 6.92 Å². The summed E-state index contributed by atoms with van der Waals surface area (Å²) in [6.07, 6.45) is 8.06. The van der Waals surface area contributed by atoms with E-state index in [4.69, 9.17) is 0 Å². The Kier molecular flexibility index (Phi) is 4.28. The Balaban J connectivity index is 1.67. The Morgan fingerprint density at radius 2 is 2.00 bits per heavy atom. The van der Waals surface area contributed by atoms with Gasteiger partial charge in [-0.3, -0.25) is 0 Å². The summed E-state index contributed by atoms with van der Waals surface area (Å²) in [4.78, 5) is 4.50. The summed E-state index contributed by atoms with van der Waals surface area (Å²) in [6, 6.07) is 8.64. The zero-order valence-corrected chi connectivity index (χ0v) is 12.3. The highest BCUT2D eigenvalue weighted by molar-refractivity contribution is 5.55. The fraction of sp³-hybridized carbons (Fsp3) is 0.438. The number of benzene rings is 1. The molecular weight excluding hydrogens is 262 g/mol. The maximum Gasteiger partial charge on any atom is 0.249 e. The highest BCUT2D eigenvalue weighted by Gasteiger charge is 2.13. The highest BCUT2D eigenvalue weighted by atomic mass is 15.3. The smallest absolute Gasteiger partial charge is 0.249 e. The van der Waals surface area contributed by atoms with E-state index in [1.165, 1.54) is 37.7 Å². The Morgan fingerprint density at radius 1 is 1.14 bits per heavy atom. The van der Waals surface area contributed by atoms with Crippen molar-refractivity contribution in [2.75, 3.05) is 10.6 Å². The van der Waals surface area contributed by atoms with Gasteiger partial charge >= 0.3 is 0 Å². The van der Waals surface area contributed by atoms with Crippen molar-refractivity contribution in [3.05, 3.63) is 36.0 Å². The maximum absolute atomic E-state index is 4.50. The van der Waals surface area contributed by atoms with Crippen LogP contribution in [-0.4, -0.2) is 21.2 Å². The number of aryl methyl sites for hydroxylation is 1. The number of hydrogen-bond donors (Lipinski definition) is 2. The van der Waals surface area contributed by atoms with Crippen molar-refractivity contribution < 1.29 is 0 Å². The zero-order valence-electron chi connectivity index (χ0n) is 12.3. The molecule has 21 heavy (non-hydrogen) atoms. The van der Waals surface area contributed by atoms with Crippen molar-refractivity contribution in [3.8, 4) is 0 Å². The van der Waals surface area contributed by atoms with E-state index in [1.54, 1.807) is 6.20 Å². The van der Waals surface area contributed by atoms with Gasteiger partial charge in [-0.1, -0.05) is 31.4 Å². The summed E-state index contributed by atoms with van der Waals surface area (Å²) < 4.78 is 0. The standard InChI is InChI=1S/C16H21N5/c1-12-6-5-9-14(10-12)19-16-20-15(11-17-21-16)18-13-7-3-2-4-8-13/h5-6,9-11,13H,2-4,7-8H2,1H3,(H2,18,19,20,21). The lowest BCUT2D eigenvalue weighted by molar-refractivity contribution is 0.461. The molecule has 0 unspecified atom stereocenters. The van der Waals surface area contributed by atoms with Crippen LogP contribution in [0.4, 0.5) is 17.5 Å². The fourth-order valence-corrected chi connectivity index (χ4v) is 2.73. The fourth-order valence-electron chi connectivity index (χ4n) is 2.73. The van der Waals surface area contributed by atoms with E-state index < -0.39 is 0 Å². The van der Waals surface area contributed by atoms with E-state index >= 15 is 0 Å². The molecule has 0 saturated heterocycles. The van der Waals surface area contributed by atoms with Crippen molar-refractivity contribution >= 4 is 17.5 Å². The summed E-state index contributed by atoms with van der Waals surface area (Å²) in [5.74, 6) is 1.33. The van der Waals surface area contributed by atoms with Crippen molar-refractivity contribution in [2.45, 2.75) is 45.1 Å². The molecule has 1 aliphatic carbocycles. The van der Waals surface area contributed by atoms with Gasteiger partial charge in [-0.2, -0.15) is 10.1 Å². The van der Waals surface area contributed by atoms with Crippen LogP contribution in [0.5, 0.6) is 0 Å². The molecule has 0 amide bonds. The molecule has 2 aromatic rings. The molecule has 0 radical (unpaired) electrons. The van der Waals surface area contributed by atoms with Crippen molar-refractivity contribution in [1.29, 1.82) is 0 Å². The van der Waals surface area contributed by atoms with E-state index in [0.717, 1.165) is 11.5 Å². The van der Waals surface area contributed by atoms with Gasteiger partial charge in [0.2, 0.25) is 5.95 Å². The van der Waals surface area contributed by atoms with E-state index in [2.05, 4.69) is 44.9 Å². The van der Waals surface area contributed by atoms with Crippen molar-refractivity contribution in [1.82, 2.24) is 15.2 Å². The topological polar surface area (TPSA) is 62.7 Å². The Hall–Kier alpha value is -2.17. The third-order valence-corrected chi connectivity index (χ3v) is 3.79. The summed E-state index contributed by atoms with van der Waals surface area (Å²) in [7, 11) is 0. The predicted octanol–water partition coefficient (Wildman–Crippen LogP) is 3.67. The molecule has 1 aromatic carbocycles. The van der Waals surface area contributed by atoms with Crippen LogP contribution in [-0.2, 0) is 0 Å². The Bertz CT molecular complexity index is 593. The summed E-state index contributed by atoms with van der Waals surface area (Å²) in [6.45, 7) is 2.06. The van der Waals surface area contributed by atoms with Crippen LogP contribution in [0.25, 0.3) is 0 Å². The van der Waals surface area contributed by atoms with Crippen LogP contribution < -0.4 is 10.6 Å². The summed E-state index contributed by atoms with van der Waals surface area (Å²) in [5.41, 5.74) is 2.18. The number of rotatable bonds is 4. The van der Waals surface area contributed by atoms with Crippen LogP contribution in [0.1, 0.15) is 37.7 Å². The van der Waals surface area contributed by atoms with Gasteiger partial charge in [0.05, 0.1) is 6.20 Å². The quantitative estimate of drug-likeness (QED) is 0.896. The number of nitrogens with one attached hydrogen (secondary N) is 2. The molecule has 1 aromatic heterocycles. The predicted molar refractivity (Wildman–Crippen MR) is 84.8 cm³/mol. The number of anilines is 3. The summed E-state index contributed by atoms with van der Waals surface area (Å²) >= 11 is 0. The molecule has 1 heterocycles. The third kappa shape index (κ3) is 3.90. The van der Waals surface area contributed by atoms with Crippen molar-refractivity contribution in [2.24, 2.45) is 0 Å². The second-order valence-corrected chi connectivity index (χ2v) is 5.64. The lowest BCUT2D eigenvalue weighted by Gasteiger charge is -2.23. The monoisotopic (exact) mass is 283 g/mol. The Labute approximate surface area is 125 Å². The molecule has 110 valence electrons. The first kappa shape index (κ1) is 13.8. The van der Waals surface area contributed by atoms with Crippen LogP contribution >= 0.6 is 0 Å². The van der Waals surface area contributed by atoms with E-state index in [1.807, 2.05) is 12.1 Å². The van der Waals surface area contributed by atoms with Crippen LogP contribution in [0.15, 0.2) is 30.5 Å². The zero-order chi connectivity index (χ0) is 14.5. The molecule has 5 nitrogen and oxygen atoms in total. The minimum absolute atomic E-state index is 0.516. The molecule has 3 rings (SSSR count). The Morgan fingerprint density at radius 3 is 2.81 bits per heavy atom. The second kappa shape index (κ2) is 6.52. The molecule has 5 heteroatoms. The summed E-state index contributed by atoms with van der Waals surface area (Å²) in [5, 5.41) is 14.7. The van der Waals surface area contributed by atoms with Gasteiger partial charge in [-0.25, -0.2) is 0 Å². The minimum Gasteiger partial charge on any atom is -0.366 e. The third-order valence-electron chi connectivity index (χ3n) is 3.79. The molecule has 0 bridgehead atoms. The van der Waals surface area contributed by atoms with Gasteiger partial charge in [0.15, 0.2) is 5.82 Å². The van der Waals surface area contributed by atoms with Gasteiger partial charge in [0.25, 0.3) is 0 Å².